The van der Waals surface area contributed by atoms with E-state index in [4.69, 9.17) is 0 Å². The largest absolute Gasteiger partial charge is 0.326 e. The fourth-order valence-electron chi connectivity index (χ4n) is 2.26. The van der Waals surface area contributed by atoms with Gasteiger partial charge in [-0.15, -0.1) is 0 Å². The van der Waals surface area contributed by atoms with Gasteiger partial charge >= 0.3 is 0 Å². The highest BCUT2D eigenvalue weighted by molar-refractivity contribution is 9.10. The third-order valence-electron chi connectivity index (χ3n) is 3.37. The number of halogens is 1. The van der Waals surface area contributed by atoms with Crippen molar-refractivity contribution in [2.75, 3.05) is 18.4 Å². The quantitative estimate of drug-likeness (QED) is 0.897. The normalized spacial score (nSPS) is 16.5. The minimum atomic E-state index is 0.121. The number of anilines is 1. The molecule has 0 atom stereocenters. The van der Waals surface area contributed by atoms with Crippen molar-refractivity contribution in [3.8, 4) is 0 Å². The lowest BCUT2D eigenvalue weighted by Gasteiger charge is -2.22. The molecule has 0 aliphatic carbocycles. The van der Waals surface area contributed by atoms with Gasteiger partial charge in [-0.2, -0.15) is 0 Å². The van der Waals surface area contributed by atoms with Crippen molar-refractivity contribution in [3.63, 3.8) is 0 Å². The summed E-state index contributed by atoms with van der Waals surface area (Å²) in [6.45, 7) is 2.19. The van der Waals surface area contributed by atoms with Gasteiger partial charge in [0.25, 0.3) is 0 Å². The Kier molecular flexibility index (Phi) is 5.20. The van der Waals surface area contributed by atoms with Gasteiger partial charge in [-0.05, 0) is 62.5 Å². The lowest BCUT2D eigenvalue weighted by molar-refractivity contribution is -0.116. The van der Waals surface area contributed by atoms with Gasteiger partial charge in [0.1, 0.15) is 0 Å². The van der Waals surface area contributed by atoms with Crippen LogP contribution in [0.15, 0.2) is 28.7 Å². The molecule has 1 fully saturated rings. The van der Waals surface area contributed by atoms with Crippen molar-refractivity contribution < 1.29 is 4.79 Å². The monoisotopic (exact) mass is 310 g/mol. The maximum Gasteiger partial charge on any atom is 0.224 e. The Morgan fingerprint density at radius 2 is 1.94 bits per heavy atom. The Balaban J connectivity index is 1.73. The second-order valence-corrected chi connectivity index (χ2v) is 5.70. The molecule has 1 aliphatic rings. The summed E-state index contributed by atoms with van der Waals surface area (Å²) in [5.41, 5.74) is 0.869. The third kappa shape index (κ3) is 4.42. The Morgan fingerprint density at radius 1 is 1.28 bits per heavy atom. The standard InChI is InChI=1S/C14H19BrN2O/c15-12-2-4-13(5-3-12)17-14(18)6-1-11-7-9-16-10-8-11/h2-5,11,16H,1,6-10H2,(H,17,18). The van der Waals surface area contributed by atoms with Crippen LogP contribution in [0, 0.1) is 5.92 Å². The Morgan fingerprint density at radius 3 is 2.61 bits per heavy atom. The SMILES string of the molecule is O=C(CCC1CCNCC1)Nc1ccc(Br)cc1. The van der Waals surface area contributed by atoms with Gasteiger partial charge in [0, 0.05) is 16.6 Å². The number of carbonyl (C=O) groups is 1. The lowest BCUT2D eigenvalue weighted by atomic mass is 9.93. The van der Waals surface area contributed by atoms with Crippen molar-refractivity contribution >= 4 is 27.5 Å². The van der Waals surface area contributed by atoms with Crippen LogP contribution in [0.4, 0.5) is 5.69 Å². The van der Waals surface area contributed by atoms with Gasteiger partial charge in [0.2, 0.25) is 5.91 Å². The van der Waals surface area contributed by atoms with Crippen LogP contribution in [0.2, 0.25) is 0 Å². The van der Waals surface area contributed by atoms with Gasteiger partial charge < -0.3 is 10.6 Å². The average Bonchev–Trinajstić information content (AvgIpc) is 2.40. The smallest absolute Gasteiger partial charge is 0.224 e. The Hall–Kier alpha value is -0.870. The molecule has 1 saturated heterocycles. The second-order valence-electron chi connectivity index (χ2n) is 4.79. The van der Waals surface area contributed by atoms with E-state index in [0.29, 0.717) is 12.3 Å². The summed E-state index contributed by atoms with van der Waals surface area (Å²) in [6.07, 6.45) is 4.03. The molecule has 4 heteroatoms. The number of hydrogen-bond donors (Lipinski definition) is 2. The molecule has 18 heavy (non-hydrogen) atoms. The summed E-state index contributed by atoms with van der Waals surface area (Å²) < 4.78 is 1.02. The number of benzene rings is 1. The molecular weight excluding hydrogens is 292 g/mol. The number of nitrogens with one attached hydrogen (secondary N) is 2. The molecule has 0 aromatic heterocycles. The molecule has 1 aromatic carbocycles. The number of carbonyl (C=O) groups excluding carboxylic acids is 1. The molecule has 1 aliphatic heterocycles. The van der Waals surface area contributed by atoms with Crippen LogP contribution >= 0.6 is 15.9 Å². The molecule has 0 bridgehead atoms. The Bertz CT molecular complexity index is 385. The van der Waals surface area contributed by atoms with Crippen LogP contribution < -0.4 is 10.6 Å². The van der Waals surface area contributed by atoms with E-state index in [2.05, 4.69) is 26.6 Å². The fourth-order valence-corrected chi connectivity index (χ4v) is 2.53. The lowest BCUT2D eigenvalue weighted by Crippen LogP contribution is -2.28. The zero-order valence-electron chi connectivity index (χ0n) is 10.4. The van der Waals surface area contributed by atoms with Crippen molar-refractivity contribution in [1.29, 1.82) is 0 Å². The Labute approximate surface area is 116 Å². The first kappa shape index (κ1) is 13.6. The van der Waals surface area contributed by atoms with Crippen LogP contribution in [0.25, 0.3) is 0 Å². The van der Waals surface area contributed by atoms with E-state index in [-0.39, 0.29) is 5.91 Å². The van der Waals surface area contributed by atoms with Crippen molar-refractivity contribution in [2.24, 2.45) is 5.92 Å². The number of rotatable bonds is 4. The molecule has 0 radical (unpaired) electrons. The molecule has 0 saturated carbocycles. The second kappa shape index (κ2) is 6.90. The maximum atomic E-state index is 11.8. The molecule has 0 spiro atoms. The molecule has 2 rings (SSSR count). The molecule has 3 nitrogen and oxygen atoms in total. The molecule has 1 aromatic rings. The molecule has 1 amide bonds. The van der Waals surface area contributed by atoms with Gasteiger partial charge in [0.05, 0.1) is 0 Å². The molecule has 0 unspecified atom stereocenters. The summed E-state index contributed by atoms with van der Waals surface area (Å²) >= 11 is 3.38. The number of amides is 1. The summed E-state index contributed by atoms with van der Waals surface area (Å²) in [5, 5.41) is 6.28. The maximum absolute atomic E-state index is 11.8. The van der Waals surface area contributed by atoms with Crippen LogP contribution in [0.5, 0.6) is 0 Å². The van der Waals surface area contributed by atoms with Gasteiger partial charge in [0.15, 0.2) is 0 Å². The summed E-state index contributed by atoms with van der Waals surface area (Å²) in [6, 6.07) is 7.68. The molecule has 98 valence electrons. The van der Waals surface area contributed by atoms with Crippen LogP contribution in [0.3, 0.4) is 0 Å². The summed E-state index contributed by atoms with van der Waals surface area (Å²) in [5.74, 6) is 0.831. The molecule has 2 N–H and O–H groups in total. The van der Waals surface area contributed by atoms with Crippen LogP contribution in [-0.2, 0) is 4.79 Å². The fraction of sp³-hybridized carbons (Fsp3) is 0.500. The van der Waals surface area contributed by atoms with E-state index >= 15 is 0 Å². The summed E-state index contributed by atoms with van der Waals surface area (Å²) in [7, 11) is 0. The zero-order chi connectivity index (χ0) is 12.8. The minimum Gasteiger partial charge on any atom is -0.326 e. The molecule has 1 heterocycles. The van der Waals surface area contributed by atoms with E-state index in [0.717, 1.165) is 29.7 Å². The van der Waals surface area contributed by atoms with Crippen molar-refractivity contribution in [1.82, 2.24) is 5.32 Å². The topological polar surface area (TPSA) is 41.1 Å². The predicted octanol–water partition coefficient (Wildman–Crippen LogP) is 3.17. The highest BCUT2D eigenvalue weighted by Gasteiger charge is 2.14. The first-order valence-electron chi connectivity index (χ1n) is 6.50. The number of piperidine rings is 1. The average molecular weight is 311 g/mol. The van der Waals surface area contributed by atoms with Crippen LogP contribution in [-0.4, -0.2) is 19.0 Å². The van der Waals surface area contributed by atoms with E-state index in [1.54, 1.807) is 0 Å². The van der Waals surface area contributed by atoms with Gasteiger partial charge in [-0.25, -0.2) is 0 Å². The first-order valence-corrected chi connectivity index (χ1v) is 7.29. The van der Waals surface area contributed by atoms with E-state index in [1.807, 2.05) is 24.3 Å². The van der Waals surface area contributed by atoms with E-state index in [9.17, 15) is 4.79 Å². The van der Waals surface area contributed by atoms with E-state index < -0.39 is 0 Å². The predicted molar refractivity (Wildman–Crippen MR) is 77.6 cm³/mol. The van der Waals surface area contributed by atoms with Crippen molar-refractivity contribution in [3.05, 3.63) is 28.7 Å². The van der Waals surface area contributed by atoms with Crippen molar-refractivity contribution in [2.45, 2.75) is 25.7 Å². The minimum absolute atomic E-state index is 0.121. The van der Waals surface area contributed by atoms with Crippen LogP contribution in [0.1, 0.15) is 25.7 Å². The van der Waals surface area contributed by atoms with Gasteiger partial charge in [-0.1, -0.05) is 15.9 Å². The van der Waals surface area contributed by atoms with Gasteiger partial charge in [-0.3, -0.25) is 4.79 Å². The number of hydrogen-bond acceptors (Lipinski definition) is 2. The third-order valence-corrected chi connectivity index (χ3v) is 3.90. The van der Waals surface area contributed by atoms with E-state index in [1.165, 1.54) is 12.8 Å². The summed E-state index contributed by atoms with van der Waals surface area (Å²) in [4.78, 5) is 11.8. The zero-order valence-corrected chi connectivity index (χ0v) is 12.0. The first-order chi connectivity index (χ1) is 8.74. The highest BCUT2D eigenvalue weighted by atomic mass is 79.9. The highest BCUT2D eigenvalue weighted by Crippen LogP contribution is 2.19. The molecular formula is C14H19BrN2O.